The van der Waals surface area contributed by atoms with Gasteiger partial charge in [0, 0.05) is 27.2 Å². The Labute approximate surface area is 140 Å². The van der Waals surface area contributed by atoms with Crippen molar-refractivity contribution in [2.75, 3.05) is 11.1 Å². The Morgan fingerprint density at radius 2 is 2.05 bits per heavy atom. The molecule has 1 N–H and O–H groups in total. The molecule has 0 aliphatic rings. The zero-order valence-electron chi connectivity index (χ0n) is 11.7. The molecule has 0 heterocycles. The highest BCUT2D eigenvalue weighted by molar-refractivity contribution is 9.10. The molecule has 2 aromatic carbocycles. The molecule has 114 valence electrons. The number of hydrogen-bond donors (Lipinski definition) is 1. The summed E-state index contributed by atoms with van der Waals surface area (Å²) in [7, 11) is 0. The molecule has 2 aromatic rings. The predicted molar refractivity (Wildman–Crippen MR) is 91.3 cm³/mol. The molecular weight excluding hydrogens is 368 g/mol. The molecule has 0 atom stereocenters. The lowest BCUT2D eigenvalue weighted by Gasteiger charge is -2.08. The maximum atomic E-state index is 12.0. The van der Waals surface area contributed by atoms with Crippen LogP contribution in [0.15, 0.2) is 51.8 Å². The lowest BCUT2D eigenvalue weighted by Crippen LogP contribution is -2.14. The van der Waals surface area contributed by atoms with Crippen LogP contribution in [0.2, 0.25) is 0 Å². The van der Waals surface area contributed by atoms with Crippen molar-refractivity contribution in [1.82, 2.24) is 0 Å². The number of amides is 1. The lowest BCUT2D eigenvalue weighted by atomic mass is 10.2. The Hall–Kier alpha value is -1.86. The molecule has 1 amide bonds. The summed E-state index contributed by atoms with van der Waals surface area (Å²) in [5.74, 6) is 0.108. The molecule has 2 rings (SSSR count). The van der Waals surface area contributed by atoms with E-state index in [4.69, 9.17) is 0 Å². The molecule has 0 fully saturated rings. The Kier molecular flexibility index (Phi) is 5.57. The quantitative estimate of drug-likeness (QED) is 0.474. The van der Waals surface area contributed by atoms with Crippen LogP contribution in [0.3, 0.4) is 0 Å². The second-order valence-electron chi connectivity index (χ2n) is 4.52. The number of rotatable bonds is 5. The molecule has 0 saturated heterocycles. The fraction of sp³-hybridized carbons (Fsp3) is 0.133. The average Bonchev–Trinajstić information content (AvgIpc) is 2.48. The van der Waals surface area contributed by atoms with E-state index in [1.54, 1.807) is 13.0 Å². The first-order valence-electron chi connectivity index (χ1n) is 6.39. The number of anilines is 1. The standard InChI is InChI=1S/C15H13BrN2O3S/c1-10-8-11(18(20)21)6-7-13(10)17-15(19)9-22-14-5-3-2-4-12(14)16/h2-8H,9H2,1H3,(H,17,19). The number of nitro benzene ring substituents is 1. The zero-order chi connectivity index (χ0) is 16.1. The molecule has 5 nitrogen and oxygen atoms in total. The number of carbonyl (C=O) groups is 1. The minimum absolute atomic E-state index is 0.0121. The van der Waals surface area contributed by atoms with Crippen LogP contribution in [0.25, 0.3) is 0 Å². The lowest BCUT2D eigenvalue weighted by molar-refractivity contribution is -0.384. The van der Waals surface area contributed by atoms with Gasteiger partial charge in [-0.15, -0.1) is 11.8 Å². The third-order valence-corrected chi connectivity index (χ3v) is 4.92. The number of carbonyl (C=O) groups excluding carboxylic acids is 1. The van der Waals surface area contributed by atoms with Gasteiger partial charge in [-0.1, -0.05) is 12.1 Å². The number of nitrogens with one attached hydrogen (secondary N) is 1. The second-order valence-corrected chi connectivity index (χ2v) is 6.40. The number of nitrogens with zero attached hydrogens (tertiary/aromatic N) is 1. The largest absolute Gasteiger partial charge is 0.325 e. The molecular formula is C15H13BrN2O3S. The van der Waals surface area contributed by atoms with Crippen molar-refractivity contribution in [1.29, 1.82) is 0 Å². The number of aryl methyl sites for hydroxylation is 1. The van der Waals surface area contributed by atoms with Gasteiger partial charge in [-0.05, 0) is 46.6 Å². The zero-order valence-corrected chi connectivity index (χ0v) is 14.1. The van der Waals surface area contributed by atoms with E-state index in [0.717, 1.165) is 9.37 Å². The van der Waals surface area contributed by atoms with Crippen molar-refractivity contribution in [2.24, 2.45) is 0 Å². The smallest absolute Gasteiger partial charge is 0.269 e. The molecule has 0 bridgehead atoms. The molecule has 22 heavy (non-hydrogen) atoms. The first-order valence-corrected chi connectivity index (χ1v) is 8.17. The number of halogens is 1. The van der Waals surface area contributed by atoms with Gasteiger partial charge in [-0.3, -0.25) is 14.9 Å². The van der Waals surface area contributed by atoms with E-state index in [1.165, 1.54) is 23.9 Å². The van der Waals surface area contributed by atoms with E-state index in [2.05, 4.69) is 21.2 Å². The van der Waals surface area contributed by atoms with Crippen molar-refractivity contribution >= 4 is 45.0 Å². The highest BCUT2D eigenvalue weighted by atomic mass is 79.9. The molecule has 0 aromatic heterocycles. The van der Waals surface area contributed by atoms with E-state index in [1.807, 2.05) is 24.3 Å². The number of benzene rings is 2. The van der Waals surface area contributed by atoms with Gasteiger partial charge < -0.3 is 5.32 Å². The Morgan fingerprint density at radius 1 is 1.32 bits per heavy atom. The van der Waals surface area contributed by atoms with E-state index in [9.17, 15) is 14.9 Å². The normalized spacial score (nSPS) is 10.3. The highest BCUT2D eigenvalue weighted by Gasteiger charge is 2.11. The van der Waals surface area contributed by atoms with Crippen LogP contribution in [0.4, 0.5) is 11.4 Å². The molecule has 0 spiro atoms. The monoisotopic (exact) mass is 380 g/mol. The van der Waals surface area contributed by atoms with Crippen molar-refractivity contribution in [2.45, 2.75) is 11.8 Å². The number of hydrogen-bond acceptors (Lipinski definition) is 4. The number of thioether (sulfide) groups is 1. The van der Waals surface area contributed by atoms with Gasteiger partial charge in [-0.2, -0.15) is 0 Å². The summed E-state index contributed by atoms with van der Waals surface area (Å²) in [5.41, 5.74) is 1.26. The molecule has 0 aliphatic carbocycles. The van der Waals surface area contributed by atoms with Crippen molar-refractivity contribution < 1.29 is 9.72 Å². The minimum Gasteiger partial charge on any atom is -0.325 e. The first kappa shape index (κ1) is 16.5. The van der Waals surface area contributed by atoms with Gasteiger partial charge in [0.05, 0.1) is 10.7 Å². The van der Waals surface area contributed by atoms with Crippen LogP contribution >= 0.6 is 27.7 Å². The SMILES string of the molecule is Cc1cc([N+](=O)[O-])ccc1NC(=O)CSc1ccccc1Br. The fourth-order valence-corrected chi connectivity index (χ4v) is 3.16. The summed E-state index contributed by atoms with van der Waals surface area (Å²) >= 11 is 4.85. The molecule has 0 unspecified atom stereocenters. The summed E-state index contributed by atoms with van der Waals surface area (Å²) in [6, 6.07) is 12.0. The van der Waals surface area contributed by atoms with Gasteiger partial charge in [0.25, 0.3) is 5.69 Å². The van der Waals surface area contributed by atoms with E-state index in [0.29, 0.717) is 11.3 Å². The highest BCUT2D eigenvalue weighted by Crippen LogP contribution is 2.27. The second kappa shape index (κ2) is 7.42. The third-order valence-electron chi connectivity index (χ3n) is 2.89. The van der Waals surface area contributed by atoms with Gasteiger partial charge in [-0.25, -0.2) is 0 Å². The average molecular weight is 381 g/mol. The number of nitro groups is 1. The fourth-order valence-electron chi connectivity index (χ4n) is 1.79. The summed E-state index contributed by atoms with van der Waals surface area (Å²) in [6.07, 6.45) is 0. The van der Waals surface area contributed by atoms with Gasteiger partial charge in [0.1, 0.15) is 0 Å². The summed E-state index contributed by atoms with van der Waals surface area (Å²) < 4.78 is 0.944. The van der Waals surface area contributed by atoms with Crippen LogP contribution < -0.4 is 5.32 Å². The van der Waals surface area contributed by atoms with Gasteiger partial charge in [0.2, 0.25) is 5.91 Å². The third kappa shape index (κ3) is 4.32. The molecule has 0 saturated carbocycles. The number of non-ortho nitro benzene ring substituents is 1. The summed E-state index contributed by atoms with van der Waals surface area (Å²) in [4.78, 5) is 23.2. The van der Waals surface area contributed by atoms with Crippen LogP contribution in [0, 0.1) is 17.0 Å². The van der Waals surface area contributed by atoms with Crippen LogP contribution in [-0.4, -0.2) is 16.6 Å². The molecule has 0 radical (unpaired) electrons. The Bertz CT molecular complexity index is 722. The van der Waals surface area contributed by atoms with Crippen molar-refractivity contribution in [3.63, 3.8) is 0 Å². The van der Waals surface area contributed by atoms with Crippen molar-refractivity contribution in [3.05, 3.63) is 62.6 Å². The van der Waals surface area contributed by atoms with Gasteiger partial charge in [0.15, 0.2) is 0 Å². The van der Waals surface area contributed by atoms with Crippen LogP contribution in [0.1, 0.15) is 5.56 Å². The maximum Gasteiger partial charge on any atom is 0.269 e. The van der Waals surface area contributed by atoms with Crippen molar-refractivity contribution in [3.8, 4) is 0 Å². The summed E-state index contributed by atoms with van der Waals surface area (Å²) in [5, 5.41) is 13.5. The van der Waals surface area contributed by atoms with E-state index in [-0.39, 0.29) is 17.3 Å². The Balaban J connectivity index is 1.98. The first-order chi connectivity index (χ1) is 10.5. The summed E-state index contributed by atoms with van der Waals surface area (Å²) in [6.45, 7) is 1.73. The topological polar surface area (TPSA) is 72.2 Å². The van der Waals surface area contributed by atoms with Gasteiger partial charge >= 0.3 is 0 Å². The van der Waals surface area contributed by atoms with E-state index < -0.39 is 4.92 Å². The van der Waals surface area contributed by atoms with E-state index >= 15 is 0 Å². The predicted octanol–water partition coefficient (Wildman–Crippen LogP) is 4.40. The molecule has 0 aliphatic heterocycles. The minimum atomic E-state index is -0.457. The molecule has 7 heteroatoms. The van der Waals surface area contributed by atoms with Crippen LogP contribution in [-0.2, 0) is 4.79 Å². The maximum absolute atomic E-state index is 12.0. The van der Waals surface area contributed by atoms with Crippen LogP contribution in [0.5, 0.6) is 0 Å². The Morgan fingerprint density at radius 3 is 2.68 bits per heavy atom.